The van der Waals surface area contributed by atoms with Gasteiger partial charge in [-0.1, -0.05) is 0 Å². The van der Waals surface area contributed by atoms with Crippen LogP contribution in [0.5, 0.6) is 5.88 Å². The Kier molecular flexibility index (Phi) is 3.33. The van der Waals surface area contributed by atoms with Crippen LogP contribution in [0.2, 0.25) is 0 Å². The van der Waals surface area contributed by atoms with Crippen LogP contribution in [0.1, 0.15) is 5.56 Å². The molecule has 1 N–H and O–H groups in total. The predicted octanol–water partition coefficient (Wildman–Crippen LogP) is 1.77. The number of hydrogen-bond acceptors (Lipinski definition) is 4. The van der Waals surface area contributed by atoms with Crippen molar-refractivity contribution >= 4 is 5.95 Å². The van der Waals surface area contributed by atoms with Crippen molar-refractivity contribution in [2.45, 2.75) is 13.1 Å². The van der Waals surface area contributed by atoms with E-state index in [1.54, 1.807) is 14.0 Å². The molecule has 0 aliphatic heterocycles. The minimum absolute atomic E-state index is 0.0633. The molecule has 0 radical (unpaired) electrons. The zero-order valence-electron chi connectivity index (χ0n) is 8.22. The van der Waals surface area contributed by atoms with Gasteiger partial charge in [-0.15, -0.1) is 0 Å². The van der Waals surface area contributed by atoms with Crippen molar-refractivity contribution in [3.05, 3.63) is 11.8 Å². The number of nitrogens with zero attached hydrogens (tertiary/aromatic N) is 2. The van der Waals surface area contributed by atoms with Crippen molar-refractivity contribution in [3.8, 4) is 5.88 Å². The first-order valence-corrected chi connectivity index (χ1v) is 4.13. The number of nitrogens with one attached hydrogen (secondary N) is 1. The summed E-state index contributed by atoms with van der Waals surface area (Å²) in [5.74, 6) is 0.157. The van der Waals surface area contributed by atoms with Gasteiger partial charge in [-0.05, 0) is 6.92 Å². The molecule has 0 aliphatic carbocycles. The Morgan fingerprint density at radius 2 is 2.13 bits per heavy atom. The largest absolute Gasteiger partial charge is 0.468 e. The molecule has 15 heavy (non-hydrogen) atoms. The van der Waals surface area contributed by atoms with E-state index in [0.717, 1.165) is 0 Å². The van der Waals surface area contributed by atoms with Crippen LogP contribution in [0.15, 0.2) is 6.20 Å². The Hall–Kier alpha value is -1.53. The van der Waals surface area contributed by atoms with E-state index in [-0.39, 0.29) is 11.8 Å². The lowest BCUT2D eigenvalue weighted by Crippen LogP contribution is -2.20. The number of alkyl halides is 3. The summed E-state index contributed by atoms with van der Waals surface area (Å²) in [4.78, 5) is 7.57. The van der Waals surface area contributed by atoms with Gasteiger partial charge in [0, 0.05) is 18.8 Å². The summed E-state index contributed by atoms with van der Waals surface area (Å²) in [6, 6.07) is 0. The fourth-order valence-corrected chi connectivity index (χ4v) is 0.843. The maximum absolute atomic E-state index is 11.9. The topological polar surface area (TPSA) is 47.0 Å². The molecule has 0 unspecified atom stereocenters. The number of anilines is 1. The summed E-state index contributed by atoms with van der Waals surface area (Å²) in [6.07, 6.45) is -2.97. The van der Waals surface area contributed by atoms with E-state index < -0.39 is 12.8 Å². The monoisotopic (exact) mass is 221 g/mol. The average Bonchev–Trinajstić information content (AvgIpc) is 2.15. The highest BCUT2D eigenvalue weighted by Gasteiger charge is 2.29. The van der Waals surface area contributed by atoms with E-state index in [1.165, 1.54) is 6.20 Å². The molecule has 1 aromatic heterocycles. The van der Waals surface area contributed by atoms with E-state index >= 15 is 0 Å². The van der Waals surface area contributed by atoms with Gasteiger partial charge in [-0.2, -0.15) is 18.2 Å². The van der Waals surface area contributed by atoms with Gasteiger partial charge in [0.25, 0.3) is 0 Å². The molecule has 0 amide bonds. The van der Waals surface area contributed by atoms with E-state index in [4.69, 9.17) is 0 Å². The Morgan fingerprint density at radius 3 is 2.67 bits per heavy atom. The van der Waals surface area contributed by atoms with E-state index in [2.05, 4.69) is 20.0 Å². The summed E-state index contributed by atoms with van der Waals surface area (Å²) in [5.41, 5.74) is 0.457. The van der Waals surface area contributed by atoms with Gasteiger partial charge in [0.1, 0.15) is 0 Å². The highest BCUT2D eigenvalue weighted by atomic mass is 19.4. The molecule has 0 bridgehead atoms. The summed E-state index contributed by atoms with van der Waals surface area (Å²) < 4.78 is 40.1. The smallest absolute Gasteiger partial charge is 0.422 e. The maximum atomic E-state index is 11.9. The Balaban J connectivity index is 2.75. The van der Waals surface area contributed by atoms with E-state index in [9.17, 15) is 13.2 Å². The number of ether oxygens (including phenoxy) is 1. The first kappa shape index (κ1) is 11.5. The van der Waals surface area contributed by atoms with Crippen LogP contribution in [0.25, 0.3) is 0 Å². The van der Waals surface area contributed by atoms with Gasteiger partial charge in [0.15, 0.2) is 6.61 Å². The number of hydrogen-bond donors (Lipinski definition) is 1. The first-order chi connectivity index (χ1) is 6.92. The minimum Gasteiger partial charge on any atom is -0.468 e. The molecule has 0 saturated carbocycles. The van der Waals surface area contributed by atoms with Gasteiger partial charge in [-0.25, -0.2) is 4.98 Å². The Bertz CT molecular complexity index is 340. The number of rotatable bonds is 3. The van der Waals surface area contributed by atoms with Crippen LogP contribution in [-0.4, -0.2) is 29.8 Å². The molecule has 0 saturated heterocycles. The van der Waals surface area contributed by atoms with Gasteiger partial charge in [0.2, 0.25) is 11.8 Å². The normalized spacial score (nSPS) is 11.3. The minimum atomic E-state index is -4.36. The van der Waals surface area contributed by atoms with E-state index in [1.807, 2.05) is 0 Å². The van der Waals surface area contributed by atoms with Crippen LogP contribution < -0.4 is 10.1 Å². The summed E-state index contributed by atoms with van der Waals surface area (Å²) in [7, 11) is 1.57. The molecule has 1 heterocycles. The Morgan fingerprint density at radius 1 is 1.47 bits per heavy atom. The standard InChI is InChI=1S/C8H10F3N3O/c1-5-3-13-7(12-2)14-6(5)15-4-8(9,10)11/h3H,4H2,1-2H3,(H,12,13,14). The zero-order chi connectivity index (χ0) is 11.5. The quantitative estimate of drug-likeness (QED) is 0.844. The van der Waals surface area contributed by atoms with Crippen LogP contribution in [0, 0.1) is 6.92 Å². The van der Waals surface area contributed by atoms with E-state index in [0.29, 0.717) is 5.56 Å². The molecule has 0 atom stereocenters. The third-order valence-electron chi connectivity index (χ3n) is 1.52. The fraction of sp³-hybridized carbons (Fsp3) is 0.500. The van der Waals surface area contributed by atoms with Crippen LogP contribution >= 0.6 is 0 Å². The van der Waals surface area contributed by atoms with Crippen LogP contribution in [0.4, 0.5) is 19.1 Å². The van der Waals surface area contributed by atoms with Crippen molar-refractivity contribution in [1.29, 1.82) is 0 Å². The molecule has 1 aromatic rings. The fourth-order valence-electron chi connectivity index (χ4n) is 0.843. The third kappa shape index (κ3) is 3.61. The number of halogens is 3. The number of aryl methyl sites for hydroxylation is 1. The molecule has 0 aliphatic rings. The summed E-state index contributed by atoms with van der Waals surface area (Å²) in [5, 5.41) is 2.61. The van der Waals surface area contributed by atoms with Crippen molar-refractivity contribution < 1.29 is 17.9 Å². The van der Waals surface area contributed by atoms with Crippen molar-refractivity contribution in [2.24, 2.45) is 0 Å². The second-order valence-corrected chi connectivity index (χ2v) is 2.84. The molecule has 4 nitrogen and oxygen atoms in total. The lowest BCUT2D eigenvalue weighted by Gasteiger charge is -2.10. The molecular weight excluding hydrogens is 211 g/mol. The molecule has 84 valence electrons. The lowest BCUT2D eigenvalue weighted by atomic mass is 10.4. The van der Waals surface area contributed by atoms with Crippen LogP contribution in [0.3, 0.4) is 0 Å². The second-order valence-electron chi connectivity index (χ2n) is 2.84. The van der Waals surface area contributed by atoms with Gasteiger partial charge < -0.3 is 10.1 Å². The predicted molar refractivity (Wildman–Crippen MR) is 47.9 cm³/mol. The highest BCUT2D eigenvalue weighted by molar-refractivity contribution is 5.31. The molecular formula is C8H10F3N3O. The molecule has 0 fully saturated rings. The lowest BCUT2D eigenvalue weighted by molar-refractivity contribution is -0.154. The van der Waals surface area contributed by atoms with Crippen molar-refractivity contribution in [1.82, 2.24) is 9.97 Å². The van der Waals surface area contributed by atoms with Gasteiger partial charge >= 0.3 is 6.18 Å². The maximum Gasteiger partial charge on any atom is 0.422 e. The third-order valence-corrected chi connectivity index (χ3v) is 1.52. The highest BCUT2D eigenvalue weighted by Crippen LogP contribution is 2.20. The molecule has 0 aromatic carbocycles. The molecule has 7 heteroatoms. The van der Waals surface area contributed by atoms with Crippen molar-refractivity contribution in [3.63, 3.8) is 0 Å². The molecule has 1 rings (SSSR count). The zero-order valence-corrected chi connectivity index (χ0v) is 8.22. The van der Waals surface area contributed by atoms with Crippen molar-refractivity contribution in [2.75, 3.05) is 19.0 Å². The summed E-state index contributed by atoms with van der Waals surface area (Å²) in [6.45, 7) is 0.221. The average molecular weight is 221 g/mol. The summed E-state index contributed by atoms with van der Waals surface area (Å²) >= 11 is 0. The number of aromatic nitrogens is 2. The van der Waals surface area contributed by atoms with Gasteiger partial charge in [0.05, 0.1) is 0 Å². The Labute approximate surface area is 84.5 Å². The van der Waals surface area contributed by atoms with Crippen LogP contribution in [-0.2, 0) is 0 Å². The SMILES string of the molecule is CNc1ncc(C)c(OCC(F)(F)F)n1. The molecule has 0 spiro atoms. The first-order valence-electron chi connectivity index (χ1n) is 4.13. The second kappa shape index (κ2) is 4.33. The van der Waals surface area contributed by atoms with Gasteiger partial charge in [-0.3, -0.25) is 0 Å².